The van der Waals surface area contributed by atoms with Crippen molar-refractivity contribution < 1.29 is 28.9 Å². The van der Waals surface area contributed by atoms with Crippen LogP contribution in [0.25, 0.3) is 0 Å². The Bertz CT molecular complexity index is 752. The van der Waals surface area contributed by atoms with Crippen molar-refractivity contribution in [1.82, 2.24) is 0 Å². The summed E-state index contributed by atoms with van der Waals surface area (Å²) < 4.78 is 16.9. The van der Waals surface area contributed by atoms with Crippen molar-refractivity contribution >= 4 is 11.9 Å². The average molecular weight is 419 g/mol. The third-order valence-corrected chi connectivity index (χ3v) is 5.29. The average Bonchev–Trinajstić information content (AvgIpc) is 2.63. The first-order valence-electron chi connectivity index (χ1n) is 10.4. The third kappa shape index (κ3) is 7.26. The number of carbonyl (C=O) groups is 2. The molecule has 0 aromatic rings. The van der Waals surface area contributed by atoms with E-state index in [4.69, 9.17) is 14.2 Å². The van der Waals surface area contributed by atoms with Gasteiger partial charge in [-0.1, -0.05) is 36.0 Å². The van der Waals surface area contributed by atoms with E-state index in [2.05, 4.69) is 6.58 Å². The Labute approximate surface area is 179 Å². The van der Waals surface area contributed by atoms with Crippen LogP contribution in [0.4, 0.5) is 0 Å². The number of hydrogen-bond acceptors (Lipinski definition) is 6. The van der Waals surface area contributed by atoms with Crippen LogP contribution in [0.15, 0.2) is 47.6 Å². The molecule has 2 aliphatic rings. The fourth-order valence-corrected chi connectivity index (χ4v) is 4.03. The molecular formula is C24H34O6. The Morgan fingerprint density at radius 1 is 1.27 bits per heavy atom. The lowest BCUT2D eigenvalue weighted by molar-refractivity contribution is -0.195. The maximum atomic E-state index is 11.7. The van der Waals surface area contributed by atoms with Gasteiger partial charge in [0, 0.05) is 26.2 Å². The minimum atomic E-state index is -0.912. The van der Waals surface area contributed by atoms with Gasteiger partial charge in [0.15, 0.2) is 0 Å². The Hall–Kier alpha value is -2.18. The predicted octanol–water partition coefficient (Wildman–Crippen LogP) is 4.01. The van der Waals surface area contributed by atoms with E-state index in [0.29, 0.717) is 13.0 Å². The molecule has 0 unspecified atom stereocenters. The largest absolute Gasteiger partial charge is 0.458 e. The van der Waals surface area contributed by atoms with Crippen molar-refractivity contribution in [1.29, 1.82) is 0 Å². The van der Waals surface area contributed by atoms with Crippen LogP contribution in [0, 0.1) is 11.8 Å². The van der Waals surface area contributed by atoms with Crippen LogP contribution >= 0.6 is 0 Å². The van der Waals surface area contributed by atoms with Crippen molar-refractivity contribution in [2.75, 3.05) is 6.61 Å². The molecule has 0 aromatic heterocycles. The van der Waals surface area contributed by atoms with Gasteiger partial charge in [0.25, 0.3) is 0 Å². The van der Waals surface area contributed by atoms with Crippen LogP contribution in [0.3, 0.4) is 0 Å². The normalized spacial score (nSPS) is 31.2. The fraction of sp³-hybridized carbons (Fsp3) is 0.583. The number of fused-ring (bicyclic) bond motifs is 1. The molecular weight excluding hydrogens is 384 g/mol. The summed E-state index contributed by atoms with van der Waals surface area (Å²) in [5.74, 6) is -0.948. The molecule has 1 N–H and O–H groups in total. The molecule has 1 saturated heterocycles. The van der Waals surface area contributed by atoms with E-state index in [1.54, 1.807) is 19.9 Å². The highest BCUT2D eigenvalue weighted by molar-refractivity contribution is 5.66. The zero-order chi connectivity index (χ0) is 22.5. The summed E-state index contributed by atoms with van der Waals surface area (Å²) in [5.41, 5.74) is 2.10. The van der Waals surface area contributed by atoms with Gasteiger partial charge < -0.3 is 19.3 Å². The quantitative estimate of drug-likeness (QED) is 0.549. The summed E-state index contributed by atoms with van der Waals surface area (Å²) >= 11 is 0. The lowest BCUT2D eigenvalue weighted by atomic mass is 9.75. The molecule has 2 rings (SSSR count). The topological polar surface area (TPSA) is 82.1 Å². The summed E-state index contributed by atoms with van der Waals surface area (Å²) in [7, 11) is 0. The van der Waals surface area contributed by atoms with Gasteiger partial charge in [0.1, 0.15) is 6.10 Å². The Balaban J connectivity index is 2.39. The first-order valence-corrected chi connectivity index (χ1v) is 10.4. The van der Waals surface area contributed by atoms with Gasteiger partial charge >= 0.3 is 11.9 Å². The highest BCUT2D eigenvalue weighted by Gasteiger charge is 2.41. The second kappa shape index (κ2) is 10.2. The summed E-state index contributed by atoms with van der Waals surface area (Å²) in [5, 5.41) is 9.95. The Kier molecular flexibility index (Phi) is 8.21. The fourth-order valence-electron chi connectivity index (χ4n) is 4.03. The molecule has 1 aliphatic heterocycles. The minimum absolute atomic E-state index is 0.0569. The molecule has 30 heavy (non-hydrogen) atoms. The molecule has 0 amide bonds. The zero-order valence-electron chi connectivity index (χ0n) is 18.6. The van der Waals surface area contributed by atoms with Gasteiger partial charge in [-0.3, -0.25) is 9.59 Å². The maximum Gasteiger partial charge on any atom is 0.304 e. The standard InChI is InChI=1S/C24H34O6/c1-15-9-10-21-19(8-7-11-24(5,6)27)14-28-23(30-18(4)26)22(21)16(2)13-20(12-15)29-17(3)25/h7-8,11-12,20-23,27H,2,9-10,13-14H2,1,3-6H3/b11-7+,15-12+,19-8-/t20-,21+,22-,23+/m0/s1. The van der Waals surface area contributed by atoms with Crippen molar-refractivity contribution in [2.45, 2.75) is 71.9 Å². The second-order valence-electron chi connectivity index (χ2n) is 8.74. The smallest absolute Gasteiger partial charge is 0.304 e. The summed E-state index contributed by atoms with van der Waals surface area (Å²) in [4.78, 5) is 23.2. The molecule has 0 radical (unpaired) electrons. The van der Waals surface area contributed by atoms with Crippen LogP contribution in [-0.2, 0) is 23.8 Å². The van der Waals surface area contributed by atoms with Gasteiger partial charge in [-0.05, 0) is 51.2 Å². The minimum Gasteiger partial charge on any atom is -0.458 e. The highest BCUT2D eigenvalue weighted by atomic mass is 16.7. The van der Waals surface area contributed by atoms with Gasteiger partial charge in [-0.2, -0.15) is 0 Å². The van der Waals surface area contributed by atoms with Crippen molar-refractivity contribution in [3.63, 3.8) is 0 Å². The lowest BCUT2D eigenvalue weighted by Gasteiger charge is -2.40. The van der Waals surface area contributed by atoms with E-state index in [0.717, 1.165) is 29.6 Å². The molecule has 0 spiro atoms. The summed E-state index contributed by atoms with van der Waals surface area (Å²) in [6, 6.07) is 0. The number of rotatable bonds is 4. The highest BCUT2D eigenvalue weighted by Crippen LogP contribution is 2.42. The monoisotopic (exact) mass is 418 g/mol. The van der Waals surface area contributed by atoms with E-state index >= 15 is 0 Å². The number of ether oxygens (including phenoxy) is 3. The molecule has 1 heterocycles. The van der Waals surface area contributed by atoms with Gasteiger partial charge in [0.05, 0.1) is 12.2 Å². The molecule has 1 aliphatic carbocycles. The molecule has 1 fully saturated rings. The first-order chi connectivity index (χ1) is 14.0. The first kappa shape index (κ1) is 24.1. The van der Waals surface area contributed by atoms with Crippen molar-refractivity contribution in [3.8, 4) is 0 Å². The lowest BCUT2D eigenvalue weighted by Crippen LogP contribution is -2.42. The van der Waals surface area contributed by atoms with Crippen LogP contribution in [0.1, 0.15) is 53.9 Å². The third-order valence-electron chi connectivity index (χ3n) is 5.29. The zero-order valence-corrected chi connectivity index (χ0v) is 18.6. The number of allylic oxidation sites excluding steroid dienone is 3. The number of hydrogen-bond donors (Lipinski definition) is 1. The van der Waals surface area contributed by atoms with E-state index in [-0.39, 0.29) is 17.8 Å². The number of carbonyl (C=O) groups excluding carboxylic acids is 2. The van der Waals surface area contributed by atoms with Gasteiger partial charge in [0.2, 0.25) is 6.29 Å². The van der Waals surface area contributed by atoms with Crippen LogP contribution < -0.4 is 0 Å². The molecule has 0 bridgehead atoms. The van der Waals surface area contributed by atoms with E-state index in [1.807, 2.05) is 25.2 Å². The Morgan fingerprint density at radius 3 is 2.53 bits per heavy atom. The molecule has 0 aromatic carbocycles. The van der Waals surface area contributed by atoms with Crippen molar-refractivity contribution in [2.24, 2.45) is 11.8 Å². The van der Waals surface area contributed by atoms with E-state index < -0.39 is 24.0 Å². The van der Waals surface area contributed by atoms with Crippen LogP contribution in [0.2, 0.25) is 0 Å². The molecule has 0 saturated carbocycles. The molecule has 166 valence electrons. The van der Waals surface area contributed by atoms with Crippen molar-refractivity contribution in [3.05, 3.63) is 47.6 Å². The summed E-state index contributed by atoms with van der Waals surface area (Å²) in [6.07, 6.45) is 8.43. The van der Waals surface area contributed by atoms with Crippen LogP contribution in [0.5, 0.6) is 0 Å². The number of esters is 2. The van der Waals surface area contributed by atoms with E-state index in [1.165, 1.54) is 13.8 Å². The molecule has 6 nitrogen and oxygen atoms in total. The van der Waals surface area contributed by atoms with Crippen LogP contribution in [-0.4, -0.2) is 41.6 Å². The molecule has 4 atom stereocenters. The van der Waals surface area contributed by atoms with Gasteiger partial charge in [-0.25, -0.2) is 0 Å². The maximum absolute atomic E-state index is 11.7. The van der Waals surface area contributed by atoms with E-state index in [9.17, 15) is 14.7 Å². The van der Waals surface area contributed by atoms with Gasteiger partial charge in [-0.15, -0.1) is 0 Å². The number of aliphatic hydroxyl groups is 1. The summed E-state index contributed by atoms with van der Waals surface area (Å²) in [6.45, 7) is 12.8. The predicted molar refractivity (Wildman–Crippen MR) is 114 cm³/mol. The second-order valence-corrected chi connectivity index (χ2v) is 8.74. The Morgan fingerprint density at radius 2 is 1.93 bits per heavy atom. The molecule has 6 heteroatoms. The SMILES string of the molecule is C=C1C[C@@H](OC(C)=O)/C=C(\C)CC[C@@H]2/C(=C\C=C\C(C)(C)O)CO[C@H](OC(C)=O)[C@@H]12.